The van der Waals surface area contributed by atoms with E-state index in [9.17, 15) is 9.59 Å². The first-order valence-corrected chi connectivity index (χ1v) is 13.1. The number of aryl methyl sites for hydroxylation is 2. The van der Waals surface area contributed by atoms with Crippen molar-refractivity contribution in [1.82, 2.24) is 9.55 Å². The standard InChI is InChI=1S/C26H25N3O3S2/c1-29-25(31)23-20-9-5-6-10-21(20)34-24(23)28-26(29)33-16-22(30)27-18-11-13-19(14-12-18)32-15-17-7-3-2-4-8-17/h2-4,7-8,11-14H,5-6,9-10,15-16H2,1H3,(H,27,30). The first-order chi connectivity index (χ1) is 16.6. The van der Waals surface area contributed by atoms with Crippen molar-refractivity contribution in [2.75, 3.05) is 11.1 Å². The van der Waals surface area contributed by atoms with Crippen LogP contribution in [0.15, 0.2) is 64.5 Å². The van der Waals surface area contributed by atoms with Crippen molar-refractivity contribution in [3.63, 3.8) is 0 Å². The summed E-state index contributed by atoms with van der Waals surface area (Å²) in [7, 11) is 1.73. The number of carbonyl (C=O) groups is 1. The van der Waals surface area contributed by atoms with E-state index in [0.717, 1.165) is 40.8 Å². The molecule has 0 unspecified atom stereocenters. The fourth-order valence-electron chi connectivity index (χ4n) is 4.10. The monoisotopic (exact) mass is 491 g/mol. The number of amides is 1. The number of benzene rings is 2. The maximum Gasteiger partial charge on any atom is 0.262 e. The molecule has 2 aromatic carbocycles. The van der Waals surface area contributed by atoms with Crippen LogP contribution < -0.4 is 15.6 Å². The Morgan fingerprint density at radius 3 is 2.68 bits per heavy atom. The van der Waals surface area contributed by atoms with Crippen LogP contribution in [0, 0.1) is 0 Å². The Morgan fingerprint density at radius 1 is 1.12 bits per heavy atom. The zero-order valence-corrected chi connectivity index (χ0v) is 20.5. The van der Waals surface area contributed by atoms with Gasteiger partial charge in [0.15, 0.2) is 5.16 Å². The van der Waals surface area contributed by atoms with Gasteiger partial charge in [-0.1, -0.05) is 42.1 Å². The molecule has 1 aliphatic rings. The summed E-state index contributed by atoms with van der Waals surface area (Å²) >= 11 is 2.91. The molecule has 0 bridgehead atoms. The third-order valence-corrected chi connectivity index (χ3v) is 8.09. The zero-order valence-electron chi connectivity index (χ0n) is 18.9. The molecular weight excluding hydrogens is 466 g/mol. The number of carbonyl (C=O) groups excluding carboxylic acids is 1. The maximum atomic E-state index is 13.0. The van der Waals surface area contributed by atoms with Crippen LogP contribution in [0.2, 0.25) is 0 Å². The minimum absolute atomic E-state index is 0.0154. The van der Waals surface area contributed by atoms with E-state index in [2.05, 4.69) is 5.32 Å². The predicted octanol–water partition coefficient (Wildman–Crippen LogP) is 5.18. The van der Waals surface area contributed by atoms with Crippen LogP contribution in [0.1, 0.15) is 28.8 Å². The van der Waals surface area contributed by atoms with Gasteiger partial charge in [0, 0.05) is 17.6 Å². The average Bonchev–Trinajstić information content (AvgIpc) is 3.24. The summed E-state index contributed by atoms with van der Waals surface area (Å²) in [5.74, 6) is 0.758. The number of ether oxygens (including phenoxy) is 1. The lowest BCUT2D eigenvalue weighted by Gasteiger charge is -2.11. The summed E-state index contributed by atoms with van der Waals surface area (Å²) in [6, 6.07) is 17.3. The fourth-order valence-corrected chi connectivity index (χ4v) is 6.17. The number of thioether (sulfide) groups is 1. The topological polar surface area (TPSA) is 73.2 Å². The number of anilines is 1. The number of nitrogens with one attached hydrogen (secondary N) is 1. The van der Waals surface area contributed by atoms with Crippen molar-refractivity contribution in [3.05, 3.63) is 81.0 Å². The lowest BCUT2D eigenvalue weighted by atomic mass is 9.97. The van der Waals surface area contributed by atoms with Crippen molar-refractivity contribution in [3.8, 4) is 5.75 Å². The summed E-state index contributed by atoms with van der Waals surface area (Å²) in [5.41, 5.74) is 2.96. The maximum absolute atomic E-state index is 13.0. The van der Waals surface area contributed by atoms with E-state index in [-0.39, 0.29) is 17.2 Å². The molecule has 174 valence electrons. The Morgan fingerprint density at radius 2 is 1.88 bits per heavy atom. The van der Waals surface area contributed by atoms with E-state index < -0.39 is 0 Å². The van der Waals surface area contributed by atoms with Crippen LogP contribution in [0.25, 0.3) is 10.2 Å². The largest absolute Gasteiger partial charge is 0.489 e. The molecular formula is C26H25N3O3S2. The van der Waals surface area contributed by atoms with Crippen molar-refractivity contribution in [2.24, 2.45) is 7.05 Å². The van der Waals surface area contributed by atoms with Gasteiger partial charge in [0.1, 0.15) is 17.2 Å². The number of aromatic nitrogens is 2. The fraction of sp³-hybridized carbons (Fsp3) is 0.269. The highest BCUT2D eigenvalue weighted by molar-refractivity contribution is 7.99. The minimum atomic E-state index is -0.150. The molecule has 0 atom stereocenters. The van der Waals surface area contributed by atoms with Crippen molar-refractivity contribution >= 4 is 44.9 Å². The molecule has 0 saturated heterocycles. The first kappa shape index (κ1) is 22.7. The second kappa shape index (κ2) is 10.0. The average molecular weight is 492 g/mol. The highest BCUT2D eigenvalue weighted by Gasteiger charge is 2.21. The van der Waals surface area contributed by atoms with Crippen LogP contribution in [-0.4, -0.2) is 21.2 Å². The quantitative estimate of drug-likeness (QED) is 0.285. The number of thiophene rings is 1. The number of nitrogens with zero attached hydrogens (tertiary/aromatic N) is 2. The van der Waals surface area contributed by atoms with Crippen LogP contribution >= 0.6 is 23.1 Å². The van der Waals surface area contributed by atoms with Crippen LogP contribution in [0.5, 0.6) is 5.75 Å². The molecule has 0 radical (unpaired) electrons. The first-order valence-electron chi connectivity index (χ1n) is 11.3. The van der Waals surface area contributed by atoms with Gasteiger partial charge in [0.25, 0.3) is 5.56 Å². The van der Waals surface area contributed by atoms with Gasteiger partial charge in [-0.15, -0.1) is 11.3 Å². The minimum Gasteiger partial charge on any atom is -0.489 e. The van der Waals surface area contributed by atoms with Gasteiger partial charge in [0.05, 0.1) is 11.1 Å². The number of hydrogen-bond acceptors (Lipinski definition) is 6. The Balaban J connectivity index is 1.20. The van der Waals surface area contributed by atoms with Gasteiger partial charge in [-0.3, -0.25) is 14.2 Å². The lowest BCUT2D eigenvalue weighted by molar-refractivity contribution is -0.113. The molecule has 0 spiro atoms. The van der Waals surface area contributed by atoms with Crippen molar-refractivity contribution in [2.45, 2.75) is 37.4 Å². The van der Waals surface area contributed by atoms with E-state index >= 15 is 0 Å². The normalized spacial score (nSPS) is 13.0. The molecule has 2 aromatic heterocycles. The van der Waals surface area contributed by atoms with Gasteiger partial charge in [-0.05, 0) is 61.1 Å². The van der Waals surface area contributed by atoms with Crippen LogP contribution in [-0.2, 0) is 31.3 Å². The van der Waals surface area contributed by atoms with Gasteiger partial charge < -0.3 is 10.1 Å². The molecule has 0 fully saturated rings. The molecule has 4 aromatic rings. The van der Waals surface area contributed by atoms with E-state index in [1.807, 2.05) is 54.6 Å². The smallest absolute Gasteiger partial charge is 0.262 e. The number of fused-ring (bicyclic) bond motifs is 3. The number of rotatable bonds is 7. The number of hydrogen-bond donors (Lipinski definition) is 1. The molecule has 5 rings (SSSR count). The highest BCUT2D eigenvalue weighted by atomic mass is 32.2. The third-order valence-electron chi connectivity index (χ3n) is 5.87. The van der Waals surface area contributed by atoms with E-state index in [0.29, 0.717) is 17.5 Å². The van der Waals surface area contributed by atoms with Crippen LogP contribution in [0.4, 0.5) is 5.69 Å². The lowest BCUT2D eigenvalue weighted by Crippen LogP contribution is -2.22. The van der Waals surface area contributed by atoms with E-state index in [1.54, 1.807) is 23.0 Å². The van der Waals surface area contributed by atoms with Crippen molar-refractivity contribution < 1.29 is 9.53 Å². The van der Waals surface area contributed by atoms with Gasteiger partial charge >= 0.3 is 0 Å². The Hall–Kier alpha value is -3.10. The summed E-state index contributed by atoms with van der Waals surface area (Å²) in [4.78, 5) is 32.3. The summed E-state index contributed by atoms with van der Waals surface area (Å²) in [5, 5.41) is 4.23. The summed E-state index contributed by atoms with van der Waals surface area (Å²) < 4.78 is 7.36. The Bertz CT molecular complexity index is 1380. The van der Waals surface area contributed by atoms with Crippen LogP contribution in [0.3, 0.4) is 0 Å². The van der Waals surface area contributed by atoms with Crippen molar-refractivity contribution in [1.29, 1.82) is 0 Å². The molecule has 6 nitrogen and oxygen atoms in total. The SMILES string of the molecule is Cn1c(SCC(=O)Nc2ccc(OCc3ccccc3)cc2)nc2sc3c(c2c1=O)CCCC3. The Kier molecular flexibility index (Phi) is 6.69. The van der Waals surface area contributed by atoms with E-state index in [4.69, 9.17) is 9.72 Å². The highest BCUT2D eigenvalue weighted by Crippen LogP contribution is 2.34. The van der Waals surface area contributed by atoms with E-state index in [1.165, 1.54) is 28.6 Å². The summed E-state index contributed by atoms with van der Waals surface area (Å²) in [6.45, 7) is 0.493. The molecule has 1 N–H and O–H groups in total. The van der Waals surface area contributed by atoms with Gasteiger partial charge in [0.2, 0.25) is 5.91 Å². The predicted molar refractivity (Wildman–Crippen MR) is 138 cm³/mol. The molecule has 2 heterocycles. The molecule has 0 aliphatic heterocycles. The second-order valence-corrected chi connectivity index (χ2v) is 10.3. The second-order valence-electron chi connectivity index (χ2n) is 8.29. The molecule has 0 saturated carbocycles. The Labute approximate surface area is 206 Å². The summed E-state index contributed by atoms with van der Waals surface area (Å²) in [6.07, 6.45) is 4.28. The third kappa shape index (κ3) is 4.88. The zero-order chi connectivity index (χ0) is 23.5. The van der Waals surface area contributed by atoms with Gasteiger partial charge in [-0.25, -0.2) is 4.98 Å². The van der Waals surface area contributed by atoms with Gasteiger partial charge in [-0.2, -0.15) is 0 Å². The molecule has 34 heavy (non-hydrogen) atoms. The molecule has 8 heteroatoms. The molecule has 1 aliphatic carbocycles. The molecule has 1 amide bonds.